The Labute approximate surface area is 351 Å². The zero-order valence-electron chi connectivity index (χ0n) is 31.9. The van der Waals surface area contributed by atoms with Crippen molar-refractivity contribution in [3.05, 3.63) is 212 Å². The van der Waals surface area contributed by atoms with Crippen molar-refractivity contribution in [2.45, 2.75) is 13.3 Å². The first kappa shape index (κ1) is 36.9. The molecule has 1 radical (unpaired) electrons. The number of aryl methyl sites for hydroxylation is 1. The monoisotopic (exact) mass is 921 g/mol. The van der Waals surface area contributed by atoms with Crippen molar-refractivity contribution in [1.29, 1.82) is 0 Å². The van der Waals surface area contributed by atoms with E-state index in [-0.39, 0.29) is 20.1 Å². The van der Waals surface area contributed by atoms with Crippen LogP contribution in [0, 0.1) is 6.07 Å². The zero-order chi connectivity index (χ0) is 38.1. The van der Waals surface area contributed by atoms with Crippen LogP contribution in [0.1, 0.15) is 12.7 Å². The number of pyridine rings is 1. The summed E-state index contributed by atoms with van der Waals surface area (Å²) in [7, 11) is 0. The molecule has 0 aliphatic rings. The van der Waals surface area contributed by atoms with Crippen molar-refractivity contribution in [3.63, 3.8) is 0 Å². The Morgan fingerprint density at radius 1 is 0.483 bits per heavy atom. The van der Waals surface area contributed by atoms with Crippen molar-refractivity contribution in [2.24, 2.45) is 0 Å². The summed E-state index contributed by atoms with van der Waals surface area (Å²) in [5.41, 5.74) is 11.8. The van der Waals surface area contributed by atoms with Gasteiger partial charge in [-0.15, -0.1) is 35.0 Å². The van der Waals surface area contributed by atoms with Crippen LogP contribution in [-0.4, -0.2) is 14.5 Å². The molecule has 2 aromatic heterocycles. The topological polar surface area (TPSA) is 30.7 Å². The molecule has 0 atom stereocenters. The van der Waals surface area contributed by atoms with Crippen LogP contribution in [0.25, 0.3) is 93.3 Å². The maximum absolute atomic E-state index is 4.89. The van der Waals surface area contributed by atoms with Gasteiger partial charge < -0.3 is 4.98 Å². The second kappa shape index (κ2) is 16.0. The fourth-order valence-electron chi connectivity index (χ4n) is 8.32. The van der Waals surface area contributed by atoms with E-state index >= 15 is 0 Å². The smallest absolute Gasteiger partial charge is 0.114 e. The van der Waals surface area contributed by atoms with Crippen LogP contribution in [0.2, 0.25) is 0 Å². The molecule has 2 heterocycles. The van der Waals surface area contributed by atoms with Gasteiger partial charge in [0.15, 0.2) is 0 Å². The van der Waals surface area contributed by atoms with Crippen molar-refractivity contribution in [2.75, 3.05) is 0 Å². The van der Waals surface area contributed by atoms with Gasteiger partial charge in [-0.1, -0.05) is 153 Å². The summed E-state index contributed by atoms with van der Waals surface area (Å²) in [6.07, 6.45) is 2.70. The Kier molecular flexibility index (Phi) is 10.2. The van der Waals surface area contributed by atoms with E-state index in [0.29, 0.717) is 0 Å². The van der Waals surface area contributed by atoms with E-state index in [1.54, 1.807) is 0 Å². The Hall–Kier alpha value is -6.71. The molecule has 279 valence electrons. The molecular weight excluding hydrogens is 883 g/mol. The van der Waals surface area contributed by atoms with Gasteiger partial charge in [0.1, 0.15) is 5.82 Å². The normalized spacial score (nSPS) is 11.1. The average molecular weight is 921 g/mol. The first-order valence-corrected chi connectivity index (χ1v) is 19.6. The maximum atomic E-state index is 4.89. The molecule has 0 N–H and O–H groups in total. The van der Waals surface area contributed by atoms with Gasteiger partial charge in [-0.05, 0) is 96.2 Å². The first-order valence-electron chi connectivity index (χ1n) is 19.6. The van der Waals surface area contributed by atoms with Crippen LogP contribution < -0.4 is 0 Å². The van der Waals surface area contributed by atoms with E-state index < -0.39 is 0 Å². The third-order valence-corrected chi connectivity index (χ3v) is 11.0. The molecule has 0 spiro atoms. The number of rotatable bonds is 5. The Bertz CT molecular complexity index is 3090. The minimum Gasteiger partial charge on any atom is -0.304 e. The summed E-state index contributed by atoms with van der Waals surface area (Å²) in [5, 5.41) is 8.52. The van der Waals surface area contributed by atoms with Gasteiger partial charge in [0.25, 0.3) is 0 Å². The molecular formula is C54H38IrN3-. The molecule has 0 bridgehead atoms. The second-order valence-corrected chi connectivity index (χ2v) is 14.3. The molecule has 0 saturated heterocycles. The Balaban J connectivity index is 0.000000244. The molecule has 0 aliphatic carbocycles. The number of hydrogen-bond acceptors (Lipinski definition) is 2. The summed E-state index contributed by atoms with van der Waals surface area (Å²) in [6, 6.07) is 72.2. The van der Waals surface area contributed by atoms with Crippen LogP contribution in [0.3, 0.4) is 0 Å². The number of aromatic nitrogens is 3. The standard InChI is InChI=1S/C41H30N2.C13H8N.Ir/c1-2-39-42-37-18-10-11-19-38(37)43(39)32-26-24-31(25-27-32)41-35-16-8-6-14-33(35)40(34-15-7-9-17-36(34)41)30-22-20-29(21-23-30)28-12-4-3-5-13-28;1-2-6-12-10(4-1)7-8-11-5-3-9-14-13(11)12;/h3-27H,2H2,1H3;1-5,7-9H;/q;-1;. The zero-order valence-corrected chi connectivity index (χ0v) is 34.3. The van der Waals surface area contributed by atoms with Crippen LogP contribution in [0.5, 0.6) is 0 Å². The molecule has 11 aromatic rings. The maximum Gasteiger partial charge on any atom is 0.114 e. The third kappa shape index (κ3) is 6.67. The Morgan fingerprint density at radius 3 is 1.67 bits per heavy atom. The fraction of sp³-hybridized carbons (Fsp3) is 0.0370. The summed E-state index contributed by atoms with van der Waals surface area (Å²) in [5.74, 6) is 1.08. The molecule has 0 fully saturated rings. The van der Waals surface area contributed by atoms with Crippen molar-refractivity contribution >= 4 is 54.3 Å². The largest absolute Gasteiger partial charge is 0.304 e. The quantitative estimate of drug-likeness (QED) is 0.0978. The van der Waals surface area contributed by atoms with Gasteiger partial charge in [-0.3, -0.25) is 4.57 Å². The van der Waals surface area contributed by atoms with E-state index in [2.05, 4.69) is 198 Å². The number of nitrogens with zero attached hydrogens (tertiary/aromatic N) is 3. The molecule has 0 aliphatic heterocycles. The van der Waals surface area contributed by atoms with Gasteiger partial charge in [0.2, 0.25) is 0 Å². The molecule has 4 heteroatoms. The second-order valence-electron chi connectivity index (χ2n) is 14.3. The van der Waals surface area contributed by atoms with Crippen LogP contribution >= 0.6 is 0 Å². The predicted molar refractivity (Wildman–Crippen MR) is 240 cm³/mol. The summed E-state index contributed by atoms with van der Waals surface area (Å²) < 4.78 is 2.29. The van der Waals surface area contributed by atoms with Gasteiger partial charge in [0, 0.05) is 38.4 Å². The van der Waals surface area contributed by atoms with Crippen LogP contribution in [0.4, 0.5) is 0 Å². The van der Waals surface area contributed by atoms with Crippen molar-refractivity contribution in [3.8, 4) is 39.1 Å². The van der Waals surface area contributed by atoms with Crippen LogP contribution in [-0.2, 0) is 26.5 Å². The van der Waals surface area contributed by atoms with Gasteiger partial charge in [-0.25, -0.2) is 4.98 Å². The van der Waals surface area contributed by atoms with Crippen LogP contribution in [0.15, 0.2) is 200 Å². The molecule has 58 heavy (non-hydrogen) atoms. The number of hydrogen-bond donors (Lipinski definition) is 0. The fourth-order valence-corrected chi connectivity index (χ4v) is 8.32. The third-order valence-electron chi connectivity index (χ3n) is 11.0. The van der Waals surface area contributed by atoms with E-state index in [0.717, 1.165) is 39.9 Å². The van der Waals surface area contributed by atoms with E-state index in [4.69, 9.17) is 4.98 Å². The molecule has 0 amide bonds. The Morgan fingerprint density at radius 2 is 1.02 bits per heavy atom. The minimum atomic E-state index is 0. The molecule has 0 saturated carbocycles. The number of benzene rings is 9. The molecule has 9 aromatic carbocycles. The average Bonchev–Trinajstić information content (AvgIpc) is 3.68. The van der Waals surface area contributed by atoms with Gasteiger partial charge in [0.05, 0.1) is 11.0 Å². The van der Waals surface area contributed by atoms with Crippen molar-refractivity contribution < 1.29 is 20.1 Å². The minimum absolute atomic E-state index is 0. The number of fused-ring (bicyclic) bond motifs is 6. The summed E-state index contributed by atoms with van der Waals surface area (Å²) >= 11 is 0. The number of para-hydroxylation sites is 2. The summed E-state index contributed by atoms with van der Waals surface area (Å²) in [6.45, 7) is 2.17. The first-order chi connectivity index (χ1) is 28.2. The number of imidazole rings is 1. The predicted octanol–water partition coefficient (Wildman–Crippen LogP) is 14.1. The molecule has 0 unspecified atom stereocenters. The SMILES string of the molecule is CCc1nc2ccccc2n1-c1ccc(-c2c3ccccc3c(-c3ccc(-c4ccccc4)cc3)c3ccccc23)cc1.[Ir].[c-]1cccc2ccc3cccnc3c12. The van der Waals surface area contributed by atoms with Gasteiger partial charge >= 0.3 is 0 Å². The summed E-state index contributed by atoms with van der Waals surface area (Å²) in [4.78, 5) is 9.27. The van der Waals surface area contributed by atoms with Crippen molar-refractivity contribution in [1.82, 2.24) is 14.5 Å². The van der Waals surface area contributed by atoms with E-state index in [1.165, 1.54) is 65.7 Å². The van der Waals surface area contributed by atoms with E-state index in [1.807, 2.05) is 24.4 Å². The molecule has 11 rings (SSSR count). The molecule has 3 nitrogen and oxygen atoms in total. The van der Waals surface area contributed by atoms with Gasteiger partial charge in [-0.2, -0.15) is 0 Å². The van der Waals surface area contributed by atoms with E-state index in [9.17, 15) is 0 Å².